The van der Waals surface area contributed by atoms with Crippen LogP contribution in [-0.4, -0.2) is 58.2 Å². The lowest BCUT2D eigenvalue weighted by Crippen LogP contribution is -2.52. The van der Waals surface area contributed by atoms with Crippen molar-refractivity contribution in [2.75, 3.05) is 18.5 Å². The van der Waals surface area contributed by atoms with E-state index in [1.165, 1.54) is 4.90 Å². The van der Waals surface area contributed by atoms with Crippen molar-refractivity contribution in [3.63, 3.8) is 0 Å². The molecule has 0 bridgehead atoms. The van der Waals surface area contributed by atoms with Crippen molar-refractivity contribution < 1.29 is 33.2 Å². The second kappa shape index (κ2) is 23.5. The smallest absolute Gasteiger partial charge is 0.262 e. The quantitative estimate of drug-likeness (QED) is 0.0217. The van der Waals surface area contributed by atoms with E-state index in [0.717, 1.165) is 29.5 Å². The van der Waals surface area contributed by atoms with E-state index in [2.05, 4.69) is 52.5 Å². The van der Waals surface area contributed by atoms with Gasteiger partial charge in [-0.15, -0.1) is 11.8 Å². The zero-order valence-corrected chi connectivity index (χ0v) is 36.2. The van der Waals surface area contributed by atoms with Crippen molar-refractivity contribution in [1.29, 1.82) is 5.26 Å². The number of allylic oxidation sites excluding steroid dienone is 1. The first-order valence-corrected chi connectivity index (χ1v) is 19.9. The number of benzene rings is 3. The third kappa shape index (κ3) is 13.2. The molecule has 0 saturated carbocycles. The fraction of sp³-hybridized carbons (Fsp3) is 0.333. The molecule has 13 nitrogen and oxygen atoms in total. The van der Waals surface area contributed by atoms with Gasteiger partial charge in [-0.05, 0) is 110 Å². The molecular formula is C45H51ClN6O7S. The molecule has 1 atom stereocenters. The lowest BCUT2D eigenvalue weighted by molar-refractivity contribution is -0.137. The largest absolute Gasteiger partial charge is 0.489 e. The van der Waals surface area contributed by atoms with Crippen molar-refractivity contribution in [2.45, 2.75) is 85.2 Å². The summed E-state index contributed by atoms with van der Waals surface area (Å²) in [6, 6.07) is 17.4. The van der Waals surface area contributed by atoms with Gasteiger partial charge in [0.1, 0.15) is 24.5 Å². The molecule has 0 radical (unpaired) electrons. The topological polar surface area (TPSA) is 196 Å². The third-order valence-electron chi connectivity index (χ3n) is 9.41. The first-order valence-electron chi connectivity index (χ1n) is 19.1. The molecule has 2 aliphatic heterocycles. The molecule has 3 aromatic carbocycles. The van der Waals surface area contributed by atoms with E-state index in [1.807, 2.05) is 65.0 Å². The van der Waals surface area contributed by atoms with Crippen LogP contribution in [0.1, 0.15) is 99.8 Å². The molecule has 0 spiro atoms. The molecule has 15 heteroatoms. The number of amides is 4. The normalized spacial score (nSPS) is 15.0. The van der Waals surface area contributed by atoms with E-state index in [9.17, 15) is 24.4 Å². The van der Waals surface area contributed by atoms with Gasteiger partial charge >= 0.3 is 0 Å². The highest BCUT2D eigenvalue weighted by molar-refractivity contribution is 7.74. The Balaban J connectivity index is 0.00000128. The average Bonchev–Trinajstić information content (AvgIpc) is 3.54. The maximum absolute atomic E-state index is 13.0. The molecule has 0 aliphatic carbocycles. The number of nitrogens with zero attached hydrogens (tertiary/aromatic N) is 3. The second-order valence-electron chi connectivity index (χ2n) is 14.0. The Labute approximate surface area is 362 Å². The summed E-state index contributed by atoms with van der Waals surface area (Å²) in [6.07, 6.45) is 7.82. The number of halogens is 1. The summed E-state index contributed by atoms with van der Waals surface area (Å²) in [4.78, 5) is 55.3. The molecule has 0 aromatic heterocycles. The van der Waals surface area contributed by atoms with Crippen LogP contribution in [0, 0.1) is 23.2 Å². The summed E-state index contributed by atoms with van der Waals surface area (Å²) in [5, 5.41) is 15.2. The minimum atomic E-state index is -0.738. The SMILES string of the molecule is CC#CCC.CC/C=C(/C=C\N=C(C)N)COc1ccc(C(C)(C)c2cc(Cl)c(OCC(=O)Nc3ccc4c(c3)CN(C3CCC(=O)NC3=O)C4=O)c(C#N)c2)cc1.OS. The van der Waals surface area contributed by atoms with E-state index >= 15 is 0 Å². The van der Waals surface area contributed by atoms with Crippen LogP contribution in [0.4, 0.5) is 5.69 Å². The molecule has 3 aromatic rings. The second-order valence-corrected chi connectivity index (χ2v) is 14.5. The molecular weight excluding hydrogens is 804 g/mol. The molecule has 2 heterocycles. The Morgan fingerprint density at radius 3 is 2.42 bits per heavy atom. The number of hydrogen-bond acceptors (Lipinski definition) is 10. The van der Waals surface area contributed by atoms with Gasteiger partial charge in [-0.25, -0.2) is 4.99 Å². The van der Waals surface area contributed by atoms with E-state index in [0.29, 0.717) is 35.0 Å². The van der Waals surface area contributed by atoms with Crippen molar-refractivity contribution >= 4 is 59.7 Å². The Bertz CT molecular complexity index is 2230. The summed E-state index contributed by atoms with van der Waals surface area (Å²) < 4.78 is 18.5. The van der Waals surface area contributed by atoms with Gasteiger partial charge in [-0.2, -0.15) is 5.26 Å². The van der Waals surface area contributed by atoms with Gasteiger partial charge < -0.3 is 30.0 Å². The number of anilines is 1. The number of hydrogen-bond donors (Lipinski definition) is 5. The zero-order chi connectivity index (χ0) is 44.4. The number of amidine groups is 1. The van der Waals surface area contributed by atoms with Gasteiger partial charge in [-0.1, -0.05) is 57.5 Å². The Hall–Kier alpha value is -6.06. The molecule has 1 unspecified atom stereocenters. The predicted octanol–water partition coefficient (Wildman–Crippen LogP) is 7.73. The molecule has 1 fully saturated rings. The summed E-state index contributed by atoms with van der Waals surface area (Å²) >= 11 is 9.19. The fourth-order valence-electron chi connectivity index (χ4n) is 6.34. The van der Waals surface area contributed by atoms with Crippen LogP contribution in [0.15, 0.2) is 83.5 Å². The van der Waals surface area contributed by atoms with Crippen molar-refractivity contribution in [3.8, 4) is 29.4 Å². The fourth-order valence-corrected chi connectivity index (χ4v) is 6.61. The highest BCUT2D eigenvalue weighted by Gasteiger charge is 2.39. The van der Waals surface area contributed by atoms with E-state index in [4.69, 9.17) is 31.4 Å². The molecule has 5 rings (SSSR count). The standard InChI is InChI=1S/C40H41ClN6O6.C5H8.H2OS/c1-5-6-25(15-16-44-24(2)43)22-52-31-10-7-28(8-11-31)40(3,4)29-17-26(20-42)37(33(41)19-29)53-23-36(49)45-30-9-12-32-27(18-30)21-47(39(32)51)34-13-14-35(48)46-38(34)50;1-3-5-4-2;1-2/h6-12,15-19,34H,5,13-14,21-23H2,1-4H3,(H2,43,44)(H,45,49)(H,46,48,50);3H2,1-2H3;1-2H/b16-15-,25-6-;;. The van der Waals surface area contributed by atoms with Crippen LogP contribution in [-0.2, 0) is 26.3 Å². The van der Waals surface area contributed by atoms with E-state index in [1.54, 1.807) is 43.5 Å². The van der Waals surface area contributed by atoms with Gasteiger partial charge in [-0.3, -0.25) is 24.5 Å². The number of imide groups is 1. The number of rotatable bonds is 13. The van der Waals surface area contributed by atoms with Gasteiger partial charge in [0.25, 0.3) is 11.8 Å². The molecule has 1 saturated heterocycles. The molecule has 2 aliphatic rings. The first kappa shape index (κ1) is 48.3. The minimum Gasteiger partial charge on any atom is -0.489 e. The zero-order valence-electron chi connectivity index (χ0n) is 34.6. The highest BCUT2D eigenvalue weighted by atomic mass is 35.5. The monoisotopic (exact) mass is 854 g/mol. The van der Waals surface area contributed by atoms with Crippen LogP contribution < -0.4 is 25.8 Å². The van der Waals surface area contributed by atoms with E-state index in [-0.39, 0.29) is 47.5 Å². The lowest BCUT2D eigenvalue weighted by atomic mass is 9.77. The van der Waals surface area contributed by atoms with Gasteiger partial charge in [0.05, 0.1) is 16.4 Å². The Morgan fingerprint density at radius 1 is 1.10 bits per heavy atom. The van der Waals surface area contributed by atoms with Crippen molar-refractivity contribution in [2.24, 2.45) is 10.7 Å². The lowest BCUT2D eigenvalue weighted by Gasteiger charge is -2.29. The summed E-state index contributed by atoms with van der Waals surface area (Å²) in [6.45, 7) is 11.8. The summed E-state index contributed by atoms with van der Waals surface area (Å²) in [7, 11) is 0. The number of nitrogens with two attached hydrogens (primary N) is 1. The Kier molecular flexibility index (Phi) is 18.9. The van der Waals surface area contributed by atoms with Gasteiger partial charge in [0, 0.05) is 42.3 Å². The van der Waals surface area contributed by atoms with Crippen LogP contribution in [0.3, 0.4) is 0 Å². The number of carbonyl (C=O) groups excluding carboxylic acids is 4. The first-order chi connectivity index (χ1) is 28.7. The van der Waals surface area contributed by atoms with Crippen LogP contribution in [0.25, 0.3) is 0 Å². The van der Waals surface area contributed by atoms with Crippen molar-refractivity contribution in [3.05, 3.63) is 111 Å². The molecule has 4 amide bonds. The number of carbonyl (C=O) groups is 4. The maximum atomic E-state index is 13.0. The summed E-state index contributed by atoms with van der Waals surface area (Å²) in [5.74, 6) is 5.21. The number of nitrogens with one attached hydrogen (secondary N) is 2. The average molecular weight is 855 g/mol. The van der Waals surface area contributed by atoms with Crippen molar-refractivity contribution in [1.82, 2.24) is 10.2 Å². The van der Waals surface area contributed by atoms with Crippen LogP contribution in [0.5, 0.6) is 11.5 Å². The molecule has 60 heavy (non-hydrogen) atoms. The minimum absolute atomic E-state index is 0.0874. The number of piperidine rings is 1. The predicted molar refractivity (Wildman–Crippen MR) is 237 cm³/mol. The number of ether oxygens (including phenoxy) is 2. The van der Waals surface area contributed by atoms with Crippen LogP contribution in [0.2, 0.25) is 5.02 Å². The molecule has 316 valence electrons. The number of aliphatic imine (C=N–C) groups is 1. The molecule has 5 N–H and O–H groups in total. The number of thiol groups is 1. The number of fused-ring (bicyclic) bond motifs is 1. The third-order valence-corrected chi connectivity index (χ3v) is 9.69. The maximum Gasteiger partial charge on any atom is 0.262 e. The van der Waals surface area contributed by atoms with E-state index < -0.39 is 29.9 Å². The highest BCUT2D eigenvalue weighted by Crippen LogP contribution is 2.39. The van der Waals surface area contributed by atoms with Crippen LogP contribution >= 0.6 is 24.5 Å². The van der Waals surface area contributed by atoms with Gasteiger partial charge in [0.2, 0.25) is 11.8 Å². The number of nitriles is 1. The van der Waals surface area contributed by atoms with Gasteiger partial charge in [0.15, 0.2) is 12.4 Å². The summed E-state index contributed by atoms with van der Waals surface area (Å²) in [5.41, 5.74) is 9.44. The Morgan fingerprint density at radius 2 is 1.82 bits per heavy atom.